The number of benzene rings is 1. The van der Waals surface area contributed by atoms with Gasteiger partial charge in [-0.05, 0) is 24.5 Å². The maximum Gasteiger partial charge on any atom is 0.328 e. The Morgan fingerprint density at radius 1 is 1.18 bits per heavy atom. The molecule has 2 aromatic rings. The highest BCUT2D eigenvalue weighted by molar-refractivity contribution is 5.88. The van der Waals surface area contributed by atoms with Crippen LogP contribution in [0, 0.1) is 5.92 Å². The van der Waals surface area contributed by atoms with Gasteiger partial charge in [0, 0.05) is 17.0 Å². The van der Waals surface area contributed by atoms with Crippen LogP contribution < -0.4 is 10.1 Å². The molecule has 8 heteroatoms. The topological polar surface area (TPSA) is 104 Å². The number of rotatable bonds is 9. The van der Waals surface area contributed by atoms with Gasteiger partial charge in [-0.1, -0.05) is 13.8 Å². The number of carbonyl (C=O) groups excluding carboxylic acids is 3. The average Bonchev–Trinajstić information content (AvgIpc) is 3.06. The summed E-state index contributed by atoms with van der Waals surface area (Å²) >= 11 is 0. The first-order valence-electron chi connectivity index (χ1n) is 8.91. The quantitative estimate of drug-likeness (QED) is 0.654. The van der Waals surface area contributed by atoms with Crippen LogP contribution in [0.5, 0.6) is 5.75 Å². The van der Waals surface area contributed by atoms with E-state index in [-0.39, 0.29) is 12.3 Å². The normalized spacial score (nSPS) is 11.9. The average molecular weight is 391 g/mol. The molecule has 0 saturated heterocycles. The van der Waals surface area contributed by atoms with Crippen molar-refractivity contribution in [1.82, 2.24) is 5.32 Å². The highest BCUT2D eigenvalue weighted by Crippen LogP contribution is 2.26. The molecule has 0 bridgehead atoms. The van der Waals surface area contributed by atoms with Crippen LogP contribution in [0.15, 0.2) is 28.9 Å². The molecule has 1 amide bonds. The molecule has 1 aromatic carbocycles. The summed E-state index contributed by atoms with van der Waals surface area (Å²) in [4.78, 5) is 35.8. The van der Waals surface area contributed by atoms with Crippen LogP contribution in [0.25, 0.3) is 11.0 Å². The molecule has 1 aromatic heterocycles. The van der Waals surface area contributed by atoms with Crippen molar-refractivity contribution < 1.29 is 33.0 Å². The van der Waals surface area contributed by atoms with Gasteiger partial charge in [0.2, 0.25) is 0 Å². The monoisotopic (exact) mass is 391 g/mol. The van der Waals surface area contributed by atoms with Crippen LogP contribution in [0.1, 0.15) is 25.8 Å². The molecule has 2 rings (SSSR count). The Labute approximate surface area is 163 Å². The number of carbonyl (C=O) groups is 3. The largest absolute Gasteiger partial charge is 0.497 e. The van der Waals surface area contributed by atoms with E-state index in [1.807, 2.05) is 13.8 Å². The van der Waals surface area contributed by atoms with Gasteiger partial charge in [-0.25, -0.2) is 4.79 Å². The Balaban J connectivity index is 1.89. The van der Waals surface area contributed by atoms with Crippen LogP contribution >= 0.6 is 0 Å². The van der Waals surface area contributed by atoms with Crippen molar-refractivity contribution in [1.29, 1.82) is 0 Å². The lowest BCUT2D eigenvalue weighted by atomic mass is 10.0. The number of methoxy groups -OCH3 is 2. The summed E-state index contributed by atoms with van der Waals surface area (Å²) < 4.78 is 20.3. The maximum absolute atomic E-state index is 12.1. The van der Waals surface area contributed by atoms with E-state index >= 15 is 0 Å². The number of nitrogens with one attached hydrogen (secondary N) is 1. The number of ether oxygens (including phenoxy) is 3. The van der Waals surface area contributed by atoms with Crippen molar-refractivity contribution in [3.8, 4) is 5.75 Å². The van der Waals surface area contributed by atoms with Crippen molar-refractivity contribution in [2.45, 2.75) is 32.7 Å². The van der Waals surface area contributed by atoms with Gasteiger partial charge < -0.3 is 23.9 Å². The fourth-order valence-electron chi connectivity index (χ4n) is 2.74. The zero-order valence-electron chi connectivity index (χ0n) is 16.4. The summed E-state index contributed by atoms with van der Waals surface area (Å²) in [7, 11) is 2.81. The Morgan fingerprint density at radius 2 is 1.93 bits per heavy atom. The summed E-state index contributed by atoms with van der Waals surface area (Å²) in [5, 5.41) is 3.30. The molecule has 0 fully saturated rings. The van der Waals surface area contributed by atoms with Gasteiger partial charge in [0.25, 0.3) is 5.91 Å². The molecule has 1 unspecified atom stereocenters. The van der Waals surface area contributed by atoms with Gasteiger partial charge in [0.05, 0.1) is 26.9 Å². The summed E-state index contributed by atoms with van der Waals surface area (Å²) in [5.74, 6) is -0.846. The minimum absolute atomic E-state index is 0.0426. The Kier molecular flexibility index (Phi) is 7.43. The van der Waals surface area contributed by atoms with Crippen LogP contribution in [0.4, 0.5) is 0 Å². The highest BCUT2D eigenvalue weighted by atomic mass is 16.5. The molecule has 0 aliphatic heterocycles. The molecular formula is C20H25NO7. The van der Waals surface area contributed by atoms with Crippen molar-refractivity contribution in [3.05, 3.63) is 30.0 Å². The third-order valence-electron chi connectivity index (χ3n) is 4.09. The molecular weight excluding hydrogens is 366 g/mol. The second-order valence-electron chi connectivity index (χ2n) is 6.73. The Morgan fingerprint density at radius 3 is 2.57 bits per heavy atom. The smallest absolute Gasteiger partial charge is 0.328 e. The van der Waals surface area contributed by atoms with Crippen molar-refractivity contribution in [3.63, 3.8) is 0 Å². The van der Waals surface area contributed by atoms with Crippen LogP contribution in [0.2, 0.25) is 0 Å². The number of fused-ring (bicyclic) bond motifs is 1. The van der Waals surface area contributed by atoms with Crippen LogP contribution in [-0.2, 0) is 30.3 Å². The van der Waals surface area contributed by atoms with Gasteiger partial charge in [-0.15, -0.1) is 0 Å². The van der Waals surface area contributed by atoms with E-state index < -0.39 is 30.5 Å². The first-order valence-corrected chi connectivity index (χ1v) is 8.91. The molecule has 1 N–H and O–H groups in total. The fraction of sp³-hybridized carbons (Fsp3) is 0.450. The highest BCUT2D eigenvalue weighted by Gasteiger charge is 2.23. The lowest BCUT2D eigenvalue weighted by molar-refractivity contribution is -0.150. The zero-order valence-corrected chi connectivity index (χ0v) is 16.4. The molecule has 28 heavy (non-hydrogen) atoms. The van der Waals surface area contributed by atoms with E-state index in [9.17, 15) is 14.4 Å². The van der Waals surface area contributed by atoms with Crippen molar-refractivity contribution in [2.75, 3.05) is 20.8 Å². The molecule has 8 nitrogen and oxygen atoms in total. The molecule has 1 atom stereocenters. The molecule has 152 valence electrons. The maximum atomic E-state index is 12.1. The van der Waals surface area contributed by atoms with Gasteiger partial charge in [-0.3, -0.25) is 9.59 Å². The van der Waals surface area contributed by atoms with Crippen LogP contribution in [-0.4, -0.2) is 44.7 Å². The molecule has 1 heterocycles. The molecule has 0 radical (unpaired) electrons. The standard InChI is InChI=1S/C20H25NO7/c1-12(2)7-16(20(24)26-4)21-18(22)11-28-19(23)8-13-10-27-17-9-14(25-3)5-6-15(13)17/h5-6,9-10,12,16H,7-8,11H2,1-4H3,(H,21,22). The lowest BCUT2D eigenvalue weighted by Gasteiger charge is -2.18. The van der Waals surface area contributed by atoms with Gasteiger partial charge in [-0.2, -0.15) is 0 Å². The summed E-state index contributed by atoms with van der Waals surface area (Å²) in [6.07, 6.45) is 1.86. The van der Waals surface area contributed by atoms with E-state index in [0.717, 1.165) is 5.39 Å². The molecule has 0 aliphatic carbocycles. The van der Waals surface area contributed by atoms with E-state index in [1.165, 1.54) is 13.4 Å². The fourth-order valence-corrected chi connectivity index (χ4v) is 2.74. The predicted molar refractivity (Wildman–Crippen MR) is 101 cm³/mol. The number of hydrogen-bond acceptors (Lipinski definition) is 7. The summed E-state index contributed by atoms with van der Waals surface area (Å²) in [5.41, 5.74) is 1.24. The first-order chi connectivity index (χ1) is 13.3. The SMILES string of the molecule is COC(=O)C(CC(C)C)NC(=O)COC(=O)Cc1coc2cc(OC)ccc12. The summed E-state index contributed by atoms with van der Waals surface area (Å²) in [6, 6.07) is 4.50. The number of hydrogen-bond donors (Lipinski definition) is 1. The van der Waals surface area contributed by atoms with Crippen molar-refractivity contribution >= 4 is 28.8 Å². The van der Waals surface area contributed by atoms with Crippen LogP contribution in [0.3, 0.4) is 0 Å². The first kappa shape index (κ1) is 21.3. The summed E-state index contributed by atoms with van der Waals surface area (Å²) in [6.45, 7) is 3.37. The number of esters is 2. The van der Waals surface area contributed by atoms with Gasteiger partial charge in [0.15, 0.2) is 6.61 Å². The van der Waals surface area contributed by atoms with E-state index in [4.69, 9.17) is 13.9 Å². The van der Waals surface area contributed by atoms with E-state index in [0.29, 0.717) is 23.3 Å². The van der Waals surface area contributed by atoms with Crippen molar-refractivity contribution in [2.24, 2.45) is 5.92 Å². The minimum atomic E-state index is -0.774. The molecule has 0 aliphatic rings. The Bertz CT molecular complexity index is 840. The second-order valence-corrected chi connectivity index (χ2v) is 6.73. The molecule has 0 spiro atoms. The third kappa shape index (κ3) is 5.73. The molecule has 0 saturated carbocycles. The van der Waals surface area contributed by atoms with Gasteiger partial charge >= 0.3 is 11.9 Å². The number of furan rings is 1. The predicted octanol–water partition coefficient (Wildman–Crippen LogP) is 2.23. The van der Waals surface area contributed by atoms with E-state index in [1.54, 1.807) is 25.3 Å². The second kappa shape index (κ2) is 9.77. The Hall–Kier alpha value is -3.03. The zero-order chi connectivity index (χ0) is 20.7. The van der Waals surface area contributed by atoms with Gasteiger partial charge in [0.1, 0.15) is 17.4 Å². The van der Waals surface area contributed by atoms with E-state index in [2.05, 4.69) is 10.1 Å². The lowest BCUT2D eigenvalue weighted by Crippen LogP contribution is -2.44. The number of amides is 1. The third-order valence-corrected chi connectivity index (χ3v) is 4.09. The minimum Gasteiger partial charge on any atom is -0.497 e.